The Balaban J connectivity index is 2.11. The van der Waals surface area contributed by atoms with Crippen LogP contribution in [0.2, 0.25) is 0 Å². The Bertz CT molecular complexity index is 875. The molecule has 0 fully saturated rings. The molecule has 1 aliphatic heterocycles. The van der Waals surface area contributed by atoms with E-state index >= 15 is 0 Å². The minimum absolute atomic E-state index is 0.246. The minimum atomic E-state index is -1.79. The van der Waals surface area contributed by atoms with Crippen LogP contribution in [0, 0.1) is 0 Å². The number of Topliss-reactive ketones (excluding diaryl/α,β-unsaturated/α-hetero) is 1. The summed E-state index contributed by atoms with van der Waals surface area (Å²) in [5.41, 5.74) is 1.06. The number of carbonyl (C=O) groups is 4. The first-order valence-electron chi connectivity index (χ1n) is 7.96. The van der Waals surface area contributed by atoms with E-state index in [1.54, 1.807) is 42.5 Å². The van der Waals surface area contributed by atoms with Crippen molar-refractivity contribution in [3.63, 3.8) is 0 Å². The van der Waals surface area contributed by atoms with Crippen molar-refractivity contribution < 1.29 is 19.2 Å². The van der Waals surface area contributed by atoms with Gasteiger partial charge in [-0.25, -0.2) is 5.84 Å². The average Bonchev–Trinajstić information content (AvgIpc) is 2.90. The highest BCUT2D eigenvalue weighted by Crippen LogP contribution is 2.31. The molecule has 0 spiro atoms. The Morgan fingerprint density at radius 2 is 1.46 bits per heavy atom. The van der Waals surface area contributed by atoms with Crippen molar-refractivity contribution >= 4 is 23.5 Å². The van der Waals surface area contributed by atoms with Gasteiger partial charge in [0, 0.05) is 0 Å². The summed E-state index contributed by atoms with van der Waals surface area (Å²) in [7, 11) is 0. The number of nitrogens with one attached hydrogen (secondary N) is 1. The van der Waals surface area contributed by atoms with Gasteiger partial charge in [0.1, 0.15) is 0 Å². The van der Waals surface area contributed by atoms with Crippen molar-refractivity contribution in [3.05, 3.63) is 71.3 Å². The van der Waals surface area contributed by atoms with Crippen LogP contribution in [0.25, 0.3) is 0 Å². The molecule has 0 bridgehead atoms. The molecule has 3 amide bonds. The second-order valence-corrected chi connectivity index (χ2v) is 6.04. The van der Waals surface area contributed by atoms with Gasteiger partial charge in [-0.05, 0) is 24.6 Å². The maximum absolute atomic E-state index is 12.7. The SMILES string of the molecule is CC(=O)C(CN1C(=O)c2ccccc2C1=O)(C(=O)NN)c1ccccc1. The van der Waals surface area contributed by atoms with Gasteiger partial charge in [0.25, 0.3) is 17.7 Å². The molecule has 0 radical (unpaired) electrons. The van der Waals surface area contributed by atoms with Crippen molar-refractivity contribution in [1.29, 1.82) is 0 Å². The Labute approximate surface area is 149 Å². The van der Waals surface area contributed by atoms with E-state index in [-0.39, 0.29) is 11.1 Å². The quantitative estimate of drug-likeness (QED) is 0.272. The first kappa shape index (κ1) is 17.5. The number of imide groups is 1. The van der Waals surface area contributed by atoms with E-state index in [0.717, 1.165) is 4.90 Å². The summed E-state index contributed by atoms with van der Waals surface area (Å²) in [5.74, 6) is 2.92. The monoisotopic (exact) mass is 351 g/mol. The first-order chi connectivity index (χ1) is 12.4. The van der Waals surface area contributed by atoms with Crippen LogP contribution in [0.4, 0.5) is 0 Å². The number of benzene rings is 2. The van der Waals surface area contributed by atoms with Gasteiger partial charge in [0.05, 0.1) is 17.7 Å². The standard InChI is InChI=1S/C19H17N3O4/c1-12(23)19(18(26)21-20,13-7-3-2-4-8-13)11-22-16(24)14-9-5-6-10-15(14)17(22)25/h2-10H,11,20H2,1H3,(H,21,26). The van der Waals surface area contributed by atoms with Crippen molar-refractivity contribution in [1.82, 2.24) is 10.3 Å². The van der Waals surface area contributed by atoms with Crippen molar-refractivity contribution in [2.24, 2.45) is 5.84 Å². The number of ketones is 1. The lowest BCUT2D eigenvalue weighted by Crippen LogP contribution is -2.58. The number of rotatable bonds is 5. The van der Waals surface area contributed by atoms with Crippen molar-refractivity contribution in [2.45, 2.75) is 12.3 Å². The number of amides is 3. The summed E-state index contributed by atoms with van der Waals surface area (Å²) in [6.07, 6.45) is 0. The molecule has 132 valence electrons. The third-order valence-electron chi connectivity index (χ3n) is 4.66. The van der Waals surface area contributed by atoms with Gasteiger partial charge in [0.15, 0.2) is 11.2 Å². The lowest BCUT2D eigenvalue weighted by atomic mass is 9.75. The summed E-state index contributed by atoms with van der Waals surface area (Å²) >= 11 is 0. The molecule has 1 heterocycles. The fraction of sp³-hybridized carbons (Fsp3) is 0.158. The molecular weight excluding hydrogens is 334 g/mol. The zero-order valence-electron chi connectivity index (χ0n) is 14.1. The predicted molar refractivity (Wildman–Crippen MR) is 92.9 cm³/mol. The van der Waals surface area contributed by atoms with Gasteiger partial charge in [-0.3, -0.25) is 29.5 Å². The highest BCUT2D eigenvalue weighted by atomic mass is 16.2. The van der Waals surface area contributed by atoms with Gasteiger partial charge in [-0.2, -0.15) is 0 Å². The fourth-order valence-corrected chi connectivity index (χ4v) is 3.23. The Kier molecular flexibility index (Phi) is 4.40. The molecule has 26 heavy (non-hydrogen) atoms. The molecule has 1 unspecified atom stereocenters. The number of hydrogen-bond acceptors (Lipinski definition) is 5. The van der Waals surface area contributed by atoms with Crippen LogP contribution in [-0.2, 0) is 15.0 Å². The van der Waals surface area contributed by atoms with Gasteiger partial charge >= 0.3 is 0 Å². The second kappa shape index (κ2) is 6.53. The summed E-state index contributed by atoms with van der Waals surface area (Å²) < 4.78 is 0. The zero-order valence-corrected chi connectivity index (χ0v) is 14.1. The predicted octanol–water partition coefficient (Wildman–Crippen LogP) is 0.800. The highest BCUT2D eigenvalue weighted by Gasteiger charge is 2.50. The van der Waals surface area contributed by atoms with E-state index in [2.05, 4.69) is 0 Å². The molecule has 7 heteroatoms. The van der Waals surface area contributed by atoms with Crippen molar-refractivity contribution in [3.8, 4) is 0 Å². The van der Waals surface area contributed by atoms with E-state index in [1.165, 1.54) is 19.1 Å². The number of carbonyl (C=O) groups excluding carboxylic acids is 4. The van der Waals surface area contributed by atoms with E-state index < -0.39 is 35.5 Å². The molecule has 1 aliphatic rings. The number of nitrogens with zero attached hydrogens (tertiary/aromatic N) is 1. The maximum atomic E-state index is 12.7. The Hall–Kier alpha value is -3.32. The molecule has 3 rings (SSSR count). The van der Waals surface area contributed by atoms with Gasteiger partial charge in [-0.15, -0.1) is 0 Å². The third kappa shape index (κ3) is 2.49. The topological polar surface area (TPSA) is 110 Å². The van der Waals surface area contributed by atoms with Crippen LogP contribution in [-0.4, -0.2) is 34.9 Å². The Morgan fingerprint density at radius 3 is 1.92 bits per heavy atom. The largest absolute Gasteiger partial charge is 0.298 e. The van der Waals surface area contributed by atoms with E-state index in [0.29, 0.717) is 5.56 Å². The minimum Gasteiger partial charge on any atom is -0.298 e. The molecular formula is C19H17N3O4. The Morgan fingerprint density at radius 1 is 0.962 bits per heavy atom. The molecule has 2 aromatic rings. The van der Waals surface area contributed by atoms with Gasteiger partial charge in [0.2, 0.25) is 0 Å². The van der Waals surface area contributed by atoms with Gasteiger partial charge in [-0.1, -0.05) is 42.5 Å². The zero-order chi connectivity index (χ0) is 18.9. The van der Waals surface area contributed by atoms with E-state index in [9.17, 15) is 19.2 Å². The summed E-state index contributed by atoms with van der Waals surface area (Å²) in [5, 5.41) is 0. The molecule has 0 aromatic heterocycles. The van der Waals surface area contributed by atoms with Crippen LogP contribution in [0.1, 0.15) is 33.2 Å². The number of hydrogen-bond donors (Lipinski definition) is 2. The fourth-order valence-electron chi connectivity index (χ4n) is 3.23. The van der Waals surface area contributed by atoms with Gasteiger partial charge < -0.3 is 0 Å². The molecule has 1 atom stereocenters. The molecule has 2 aromatic carbocycles. The van der Waals surface area contributed by atoms with Crippen LogP contribution >= 0.6 is 0 Å². The lowest BCUT2D eigenvalue weighted by molar-refractivity contribution is -0.136. The average molecular weight is 351 g/mol. The number of nitrogens with two attached hydrogens (primary N) is 1. The van der Waals surface area contributed by atoms with Crippen LogP contribution in [0.15, 0.2) is 54.6 Å². The molecule has 0 aliphatic carbocycles. The summed E-state index contributed by atoms with van der Waals surface area (Å²) in [6, 6.07) is 14.6. The lowest BCUT2D eigenvalue weighted by Gasteiger charge is -2.32. The molecule has 0 saturated heterocycles. The normalized spacial score (nSPS) is 15.4. The van der Waals surface area contributed by atoms with Crippen LogP contribution in [0.5, 0.6) is 0 Å². The highest BCUT2D eigenvalue weighted by molar-refractivity contribution is 6.22. The molecule has 7 nitrogen and oxygen atoms in total. The van der Waals surface area contributed by atoms with E-state index in [4.69, 9.17) is 5.84 Å². The number of fused-ring (bicyclic) bond motifs is 1. The number of hydrazine groups is 1. The molecule has 0 saturated carbocycles. The van der Waals surface area contributed by atoms with E-state index in [1.807, 2.05) is 5.43 Å². The maximum Gasteiger partial charge on any atom is 0.261 e. The smallest absolute Gasteiger partial charge is 0.261 e. The summed E-state index contributed by atoms with van der Waals surface area (Å²) in [4.78, 5) is 51.5. The summed E-state index contributed by atoms with van der Waals surface area (Å²) in [6.45, 7) is 0.808. The first-order valence-corrected chi connectivity index (χ1v) is 7.96. The third-order valence-corrected chi connectivity index (χ3v) is 4.66. The van der Waals surface area contributed by atoms with Crippen LogP contribution < -0.4 is 11.3 Å². The van der Waals surface area contributed by atoms with Crippen LogP contribution in [0.3, 0.4) is 0 Å². The molecule has 3 N–H and O–H groups in total. The van der Waals surface area contributed by atoms with Crippen molar-refractivity contribution in [2.75, 3.05) is 6.54 Å². The second-order valence-electron chi connectivity index (χ2n) is 6.04.